The van der Waals surface area contributed by atoms with E-state index in [-0.39, 0.29) is 0 Å². The van der Waals surface area contributed by atoms with Gasteiger partial charge < -0.3 is 10.3 Å². The van der Waals surface area contributed by atoms with E-state index in [4.69, 9.17) is 5.73 Å². The molecule has 3 aromatic heterocycles. The predicted molar refractivity (Wildman–Crippen MR) is 65.5 cm³/mol. The summed E-state index contributed by atoms with van der Waals surface area (Å²) >= 11 is 0. The lowest BCUT2D eigenvalue weighted by molar-refractivity contribution is 0.609. The summed E-state index contributed by atoms with van der Waals surface area (Å²) in [5.41, 5.74) is 8.02. The lowest BCUT2D eigenvalue weighted by atomic mass is 10.4. The number of rotatable bonds is 3. The first-order valence-electron chi connectivity index (χ1n) is 5.63. The molecule has 0 fully saturated rings. The van der Waals surface area contributed by atoms with Crippen LogP contribution in [0.3, 0.4) is 0 Å². The minimum Gasteiger partial charge on any atom is -0.325 e. The van der Waals surface area contributed by atoms with Gasteiger partial charge in [0, 0.05) is 19.8 Å². The molecule has 18 heavy (non-hydrogen) atoms. The quantitative estimate of drug-likeness (QED) is 0.703. The van der Waals surface area contributed by atoms with Crippen LogP contribution in [-0.2, 0) is 20.1 Å². The molecule has 0 bridgehead atoms. The summed E-state index contributed by atoms with van der Waals surface area (Å²) in [5.74, 6) is 0.886. The third-order valence-corrected chi connectivity index (χ3v) is 2.82. The van der Waals surface area contributed by atoms with Crippen molar-refractivity contribution in [2.24, 2.45) is 12.8 Å². The molecule has 0 saturated carbocycles. The lowest BCUT2D eigenvalue weighted by Crippen LogP contribution is -2.06. The molecule has 0 saturated heterocycles. The molecule has 0 aromatic carbocycles. The molecule has 0 aliphatic carbocycles. The Bertz CT molecular complexity index is 682. The van der Waals surface area contributed by atoms with Gasteiger partial charge in [0.2, 0.25) is 0 Å². The van der Waals surface area contributed by atoms with E-state index in [1.807, 2.05) is 29.9 Å². The highest BCUT2D eigenvalue weighted by atomic mass is 15.4. The second-order valence-corrected chi connectivity index (χ2v) is 4.04. The Morgan fingerprint density at radius 1 is 1.39 bits per heavy atom. The highest BCUT2D eigenvalue weighted by Gasteiger charge is 2.09. The van der Waals surface area contributed by atoms with Gasteiger partial charge in [0.05, 0.1) is 11.9 Å². The number of fused-ring (bicyclic) bond motifs is 1. The van der Waals surface area contributed by atoms with Crippen LogP contribution < -0.4 is 5.73 Å². The molecule has 0 aliphatic heterocycles. The fourth-order valence-corrected chi connectivity index (χ4v) is 1.87. The molecule has 0 radical (unpaired) electrons. The largest absolute Gasteiger partial charge is 0.325 e. The molecule has 0 atom stereocenters. The van der Waals surface area contributed by atoms with Crippen LogP contribution in [0.5, 0.6) is 0 Å². The van der Waals surface area contributed by atoms with Gasteiger partial charge in [0.15, 0.2) is 5.65 Å². The van der Waals surface area contributed by atoms with Gasteiger partial charge in [-0.25, -0.2) is 14.6 Å². The van der Waals surface area contributed by atoms with Crippen molar-refractivity contribution in [2.75, 3.05) is 0 Å². The monoisotopic (exact) mass is 243 g/mol. The third-order valence-electron chi connectivity index (χ3n) is 2.82. The number of aromatic nitrogens is 6. The Kier molecular flexibility index (Phi) is 2.52. The van der Waals surface area contributed by atoms with Gasteiger partial charge >= 0.3 is 0 Å². The first-order valence-corrected chi connectivity index (χ1v) is 5.63. The Morgan fingerprint density at radius 2 is 2.28 bits per heavy atom. The normalized spacial score (nSPS) is 11.2. The van der Waals surface area contributed by atoms with E-state index in [1.54, 1.807) is 10.9 Å². The summed E-state index contributed by atoms with van der Waals surface area (Å²) in [4.78, 5) is 8.82. The standard InChI is InChI=1S/C11H13N7/c1-17-10(7-18-6-8(5-12)15-16-18)14-9-3-2-4-13-11(9)17/h2-4,6H,5,7,12H2,1H3. The van der Waals surface area contributed by atoms with Crippen molar-refractivity contribution in [3.05, 3.63) is 36.0 Å². The van der Waals surface area contributed by atoms with E-state index in [1.165, 1.54) is 0 Å². The lowest BCUT2D eigenvalue weighted by Gasteiger charge is -2.00. The minimum atomic E-state index is 0.393. The summed E-state index contributed by atoms with van der Waals surface area (Å²) < 4.78 is 3.68. The van der Waals surface area contributed by atoms with Crippen LogP contribution in [0.25, 0.3) is 11.2 Å². The minimum absolute atomic E-state index is 0.393. The molecule has 7 heteroatoms. The van der Waals surface area contributed by atoms with Crippen molar-refractivity contribution in [3.8, 4) is 0 Å². The van der Waals surface area contributed by atoms with E-state index in [2.05, 4.69) is 20.3 Å². The topological polar surface area (TPSA) is 87.4 Å². The van der Waals surface area contributed by atoms with Crippen LogP contribution >= 0.6 is 0 Å². The summed E-state index contributed by atoms with van der Waals surface area (Å²) in [6, 6.07) is 3.82. The van der Waals surface area contributed by atoms with Gasteiger partial charge in [0.1, 0.15) is 17.9 Å². The van der Waals surface area contributed by atoms with Crippen LogP contribution in [0.1, 0.15) is 11.5 Å². The number of hydrogen-bond acceptors (Lipinski definition) is 5. The first-order chi connectivity index (χ1) is 8.78. The average Bonchev–Trinajstić information content (AvgIpc) is 2.97. The Hall–Kier alpha value is -2.28. The zero-order chi connectivity index (χ0) is 12.5. The van der Waals surface area contributed by atoms with Crippen LogP contribution in [0, 0.1) is 0 Å². The van der Waals surface area contributed by atoms with Gasteiger partial charge in [-0.2, -0.15) is 0 Å². The van der Waals surface area contributed by atoms with Gasteiger partial charge in [0.25, 0.3) is 0 Å². The molecular weight excluding hydrogens is 230 g/mol. The summed E-state index contributed by atoms with van der Waals surface area (Å²) in [7, 11) is 1.94. The van der Waals surface area contributed by atoms with Crippen molar-refractivity contribution in [3.63, 3.8) is 0 Å². The number of hydrogen-bond donors (Lipinski definition) is 1. The molecule has 2 N–H and O–H groups in total. The maximum absolute atomic E-state index is 5.50. The molecule has 0 aliphatic rings. The van der Waals surface area contributed by atoms with Gasteiger partial charge in [-0.1, -0.05) is 5.21 Å². The number of nitrogens with two attached hydrogens (primary N) is 1. The van der Waals surface area contributed by atoms with Crippen molar-refractivity contribution >= 4 is 11.2 Å². The van der Waals surface area contributed by atoms with Gasteiger partial charge in [-0.15, -0.1) is 5.10 Å². The van der Waals surface area contributed by atoms with Crippen LogP contribution in [0.15, 0.2) is 24.5 Å². The van der Waals surface area contributed by atoms with Crippen LogP contribution in [-0.4, -0.2) is 29.5 Å². The van der Waals surface area contributed by atoms with Crippen molar-refractivity contribution in [1.82, 2.24) is 29.5 Å². The summed E-state index contributed by atoms with van der Waals surface area (Å²) in [5, 5.41) is 7.96. The van der Waals surface area contributed by atoms with E-state index in [0.717, 1.165) is 22.7 Å². The maximum Gasteiger partial charge on any atom is 0.159 e. The van der Waals surface area contributed by atoms with Crippen molar-refractivity contribution < 1.29 is 0 Å². The fraction of sp³-hybridized carbons (Fsp3) is 0.273. The van der Waals surface area contributed by atoms with Crippen molar-refractivity contribution in [2.45, 2.75) is 13.1 Å². The highest BCUT2D eigenvalue weighted by Crippen LogP contribution is 2.12. The molecule has 7 nitrogen and oxygen atoms in total. The van der Waals surface area contributed by atoms with E-state index >= 15 is 0 Å². The molecule has 92 valence electrons. The molecule has 3 heterocycles. The number of imidazole rings is 1. The average molecular weight is 243 g/mol. The van der Waals surface area contributed by atoms with E-state index in [9.17, 15) is 0 Å². The smallest absolute Gasteiger partial charge is 0.159 e. The van der Waals surface area contributed by atoms with Crippen molar-refractivity contribution in [1.29, 1.82) is 0 Å². The van der Waals surface area contributed by atoms with E-state index in [0.29, 0.717) is 13.1 Å². The Morgan fingerprint density at radius 3 is 3.00 bits per heavy atom. The molecule has 0 amide bonds. The molecular formula is C11H13N7. The zero-order valence-corrected chi connectivity index (χ0v) is 9.98. The van der Waals surface area contributed by atoms with Gasteiger partial charge in [-0.3, -0.25) is 0 Å². The third kappa shape index (κ3) is 1.74. The summed E-state index contributed by atoms with van der Waals surface area (Å²) in [6.07, 6.45) is 3.59. The zero-order valence-electron chi connectivity index (χ0n) is 9.98. The van der Waals surface area contributed by atoms with Crippen LogP contribution in [0.4, 0.5) is 0 Å². The number of aryl methyl sites for hydroxylation is 1. The molecule has 3 rings (SSSR count). The maximum atomic E-state index is 5.50. The van der Waals surface area contributed by atoms with E-state index < -0.39 is 0 Å². The second-order valence-electron chi connectivity index (χ2n) is 4.04. The van der Waals surface area contributed by atoms with Crippen LogP contribution in [0.2, 0.25) is 0 Å². The SMILES string of the molecule is Cn1c(Cn2cc(CN)nn2)nc2cccnc21. The Balaban J connectivity index is 1.97. The predicted octanol–water partition coefficient (Wildman–Crippen LogP) is 0.0668. The molecule has 3 aromatic rings. The summed E-state index contributed by atoms with van der Waals surface area (Å²) in [6.45, 7) is 0.948. The molecule has 0 spiro atoms. The highest BCUT2D eigenvalue weighted by molar-refractivity contribution is 5.70. The first kappa shape index (κ1) is 10.8. The second kappa shape index (κ2) is 4.19. The fourth-order valence-electron chi connectivity index (χ4n) is 1.87. The number of nitrogens with zero attached hydrogens (tertiary/aromatic N) is 6. The Labute approximate surface area is 103 Å². The number of pyridine rings is 1. The molecule has 0 unspecified atom stereocenters. The van der Waals surface area contributed by atoms with Gasteiger partial charge in [-0.05, 0) is 12.1 Å².